The predicted octanol–water partition coefficient (Wildman–Crippen LogP) is 2.76. The average molecular weight is 237 g/mol. The zero-order chi connectivity index (χ0) is 12.7. The van der Waals surface area contributed by atoms with Crippen LogP contribution in [0.2, 0.25) is 0 Å². The van der Waals surface area contributed by atoms with Crippen LogP contribution in [-0.2, 0) is 4.74 Å². The second-order valence-corrected chi connectivity index (χ2v) is 4.40. The lowest BCUT2D eigenvalue weighted by Crippen LogP contribution is -2.16. The maximum atomic E-state index is 6.15. The van der Waals surface area contributed by atoms with Gasteiger partial charge in [0.25, 0.3) is 0 Å². The van der Waals surface area contributed by atoms with Gasteiger partial charge in [-0.05, 0) is 37.0 Å². The van der Waals surface area contributed by atoms with Crippen molar-refractivity contribution >= 4 is 0 Å². The van der Waals surface area contributed by atoms with Crippen molar-refractivity contribution in [3.05, 3.63) is 29.8 Å². The molecule has 0 saturated carbocycles. The Morgan fingerprint density at radius 2 is 1.88 bits per heavy atom. The number of methoxy groups -OCH3 is 1. The van der Waals surface area contributed by atoms with Crippen molar-refractivity contribution in [1.29, 1.82) is 0 Å². The standard InChI is InChI=1S/C14H23NO2/c1-4-17-13-7-5-12(6-8-13)14(15)9-11(2)10-16-3/h5-8,11,14H,4,9-10,15H2,1-3H3. The maximum Gasteiger partial charge on any atom is 0.119 e. The second kappa shape index (κ2) is 7.30. The Bertz CT molecular complexity index is 311. The van der Waals surface area contributed by atoms with Crippen LogP contribution in [0.25, 0.3) is 0 Å². The zero-order valence-corrected chi connectivity index (χ0v) is 11.0. The second-order valence-electron chi connectivity index (χ2n) is 4.40. The van der Waals surface area contributed by atoms with Crippen LogP contribution in [-0.4, -0.2) is 20.3 Å². The number of nitrogens with two attached hydrogens (primary N) is 1. The third-order valence-electron chi connectivity index (χ3n) is 2.73. The number of hydrogen-bond acceptors (Lipinski definition) is 3. The fourth-order valence-corrected chi connectivity index (χ4v) is 1.90. The molecule has 0 aliphatic heterocycles. The van der Waals surface area contributed by atoms with Crippen LogP contribution >= 0.6 is 0 Å². The average Bonchev–Trinajstić information content (AvgIpc) is 2.30. The smallest absolute Gasteiger partial charge is 0.119 e. The molecule has 0 spiro atoms. The van der Waals surface area contributed by atoms with Crippen molar-refractivity contribution in [2.24, 2.45) is 11.7 Å². The number of benzene rings is 1. The maximum absolute atomic E-state index is 6.15. The minimum atomic E-state index is 0.0656. The van der Waals surface area contributed by atoms with Crippen molar-refractivity contribution in [2.45, 2.75) is 26.3 Å². The quantitative estimate of drug-likeness (QED) is 0.793. The zero-order valence-electron chi connectivity index (χ0n) is 11.0. The summed E-state index contributed by atoms with van der Waals surface area (Å²) in [5, 5.41) is 0. The minimum absolute atomic E-state index is 0.0656. The summed E-state index contributed by atoms with van der Waals surface area (Å²) in [5.74, 6) is 1.37. The summed E-state index contributed by atoms with van der Waals surface area (Å²) in [4.78, 5) is 0. The molecule has 0 aromatic heterocycles. The van der Waals surface area contributed by atoms with Crippen LogP contribution < -0.4 is 10.5 Å². The van der Waals surface area contributed by atoms with Gasteiger partial charge in [-0.2, -0.15) is 0 Å². The van der Waals surface area contributed by atoms with E-state index in [0.717, 1.165) is 24.3 Å². The lowest BCUT2D eigenvalue weighted by atomic mass is 9.97. The molecule has 96 valence electrons. The van der Waals surface area contributed by atoms with Crippen molar-refractivity contribution < 1.29 is 9.47 Å². The van der Waals surface area contributed by atoms with Gasteiger partial charge in [0.05, 0.1) is 6.61 Å². The molecule has 0 aliphatic rings. The highest BCUT2D eigenvalue weighted by Gasteiger charge is 2.11. The summed E-state index contributed by atoms with van der Waals surface area (Å²) in [6.07, 6.45) is 0.932. The van der Waals surface area contributed by atoms with Crippen LogP contribution in [0.15, 0.2) is 24.3 Å². The highest BCUT2D eigenvalue weighted by Crippen LogP contribution is 2.21. The van der Waals surface area contributed by atoms with Gasteiger partial charge in [-0.1, -0.05) is 19.1 Å². The van der Waals surface area contributed by atoms with Gasteiger partial charge in [0.1, 0.15) is 5.75 Å². The molecule has 0 heterocycles. The van der Waals surface area contributed by atoms with E-state index in [9.17, 15) is 0 Å². The SMILES string of the molecule is CCOc1ccc(C(N)CC(C)COC)cc1. The largest absolute Gasteiger partial charge is 0.494 e. The molecule has 2 N–H and O–H groups in total. The first-order valence-electron chi connectivity index (χ1n) is 6.14. The molecule has 0 bridgehead atoms. The minimum Gasteiger partial charge on any atom is -0.494 e. The van der Waals surface area contributed by atoms with Gasteiger partial charge in [-0.25, -0.2) is 0 Å². The van der Waals surface area contributed by atoms with E-state index in [1.807, 2.05) is 31.2 Å². The normalized spacial score (nSPS) is 14.4. The summed E-state index contributed by atoms with van der Waals surface area (Å²) in [6, 6.07) is 8.08. The van der Waals surface area contributed by atoms with Crippen LogP contribution in [0.1, 0.15) is 31.9 Å². The van der Waals surface area contributed by atoms with E-state index in [1.165, 1.54) is 0 Å². The Kier molecular flexibility index (Phi) is 6.01. The summed E-state index contributed by atoms with van der Waals surface area (Å²) < 4.78 is 10.5. The fourth-order valence-electron chi connectivity index (χ4n) is 1.90. The van der Waals surface area contributed by atoms with Gasteiger partial charge in [0, 0.05) is 19.8 Å². The molecule has 0 fully saturated rings. The van der Waals surface area contributed by atoms with Crippen LogP contribution in [0.3, 0.4) is 0 Å². The third kappa shape index (κ3) is 4.75. The van der Waals surface area contributed by atoms with E-state index in [-0.39, 0.29) is 6.04 Å². The van der Waals surface area contributed by atoms with Gasteiger partial charge < -0.3 is 15.2 Å². The summed E-state index contributed by atoms with van der Waals surface area (Å²) in [5.41, 5.74) is 7.30. The Labute approximate surface area is 104 Å². The molecule has 0 aliphatic carbocycles. The Morgan fingerprint density at radius 1 is 1.24 bits per heavy atom. The van der Waals surface area contributed by atoms with Gasteiger partial charge in [0.15, 0.2) is 0 Å². The highest BCUT2D eigenvalue weighted by atomic mass is 16.5. The molecular formula is C14H23NO2. The third-order valence-corrected chi connectivity index (χ3v) is 2.73. The van der Waals surface area contributed by atoms with E-state index in [4.69, 9.17) is 15.2 Å². The molecule has 3 nitrogen and oxygen atoms in total. The van der Waals surface area contributed by atoms with Gasteiger partial charge in [-0.15, -0.1) is 0 Å². The number of hydrogen-bond donors (Lipinski definition) is 1. The molecular weight excluding hydrogens is 214 g/mol. The van der Waals surface area contributed by atoms with E-state index < -0.39 is 0 Å². The number of ether oxygens (including phenoxy) is 2. The molecule has 17 heavy (non-hydrogen) atoms. The topological polar surface area (TPSA) is 44.5 Å². The van der Waals surface area contributed by atoms with Crippen LogP contribution in [0, 0.1) is 5.92 Å². The lowest BCUT2D eigenvalue weighted by molar-refractivity contribution is 0.152. The van der Waals surface area contributed by atoms with Crippen molar-refractivity contribution in [2.75, 3.05) is 20.3 Å². The molecule has 3 heteroatoms. The van der Waals surface area contributed by atoms with Crippen LogP contribution in [0.5, 0.6) is 5.75 Å². The van der Waals surface area contributed by atoms with E-state index >= 15 is 0 Å². The first kappa shape index (κ1) is 14.0. The Balaban J connectivity index is 2.53. The molecule has 0 saturated heterocycles. The van der Waals surface area contributed by atoms with Gasteiger partial charge >= 0.3 is 0 Å². The van der Waals surface area contributed by atoms with Crippen molar-refractivity contribution in [3.63, 3.8) is 0 Å². The molecule has 0 amide bonds. The van der Waals surface area contributed by atoms with E-state index in [2.05, 4.69) is 6.92 Å². The number of rotatable bonds is 7. The van der Waals surface area contributed by atoms with Gasteiger partial charge in [0.2, 0.25) is 0 Å². The molecule has 1 aromatic rings. The molecule has 0 radical (unpaired) electrons. The summed E-state index contributed by atoms with van der Waals surface area (Å²) >= 11 is 0. The summed E-state index contributed by atoms with van der Waals surface area (Å²) in [6.45, 7) is 5.57. The van der Waals surface area contributed by atoms with Gasteiger partial charge in [-0.3, -0.25) is 0 Å². The lowest BCUT2D eigenvalue weighted by Gasteiger charge is -2.17. The fraction of sp³-hybridized carbons (Fsp3) is 0.571. The highest BCUT2D eigenvalue weighted by molar-refractivity contribution is 5.29. The van der Waals surface area contributed by atoms with Crippen molar-refractivity contribution in [1.82, 2.24) is 0 Å². The first-order valence-corrected chi connectivity index (χ1v) is 6.14. The molecule has 1 rings (SSSR count). The predicted molar refractivity (Wildman–Crippen MR) is 70.2 cm³/mol. The Morgan fingerprint density at radius 3 is 2.41 bits per heavy atom. The van der Waals surface area contributed by atoms with Crippen molar-refractivity contribution in [3.8, 4) is 5.75 Å². The van der Waals surface area contributed by atoms with E-state index in [1.54, 1.807) is 7.11 Å². The van der Waals surface area contributed by atoms with E-state index in [0.29, 0.717) is 12.5 Å². The summed E-state index contributed by atoms with van der Waals surface area (Å²) in [7, 11) is 1.72. The molecule has 1 aromatic carbocycles. The Hall–Kier alpha value is -1.06. The van der Waals surface area contributed by atoms with Crippen LogP contribution in [0.4, 0.5) is 0 Å². The molecule has 2 unspecified atom stereocenters. The first-order chi connectivity index (χ1) is 8.17. The molecule has 2 atom stereocenters. The monoisotopic (exact) mass is 237 g/mol.